The van der Waals surface area contributed by atoms with Crippen LogP contribution in [0.1, 0.15) is 34.1 Å². The van der Waals surface area contributed by atoms with E-state index in [0.717, 1.165) is 0 Å². The maximum absolute atomic E-state index is 14.8. The first kappa shape index (κ1) is 18.8. The zero-order chi connectivity index (χ0) is 18.5. The van der Waals surface area contributed by atoms with Crippen LogP contribution in [0.4, 0.5) is 8.78 Å². The molecule has 3 aliphatic rings. The van der Waals surface area contributed by atoms with Gasteiger partial charge in [-0.25, -0.2) is 8.78 Å². The fourth-order valence-electron chi connectivity index (χ4n) is 4.87. The molecule has 6 heteroatoms. The minimum absolute atomic E-state index is 0.272. The van der Waals surface area contributed by atoms with Crippen molar-refractivity contribution in [2.45, 2.75) is 64.1 Å². The normalized spacial score (nSPS) is 43.9. The number of hydrogen-bond donors (Lipinski definition) is 0. The van der Waals surface area contributed by atoms with Crippen molar-refractivity contribution < 1.29 is 23.0 Å². The fourth-order valence-corrected chi connectivity index (χ4v) is 4.87. The lowest BCUT2D eigenvalue weighted by molar-refractivity contribution is -0.160. The summed E-state index contributed by atoms with van der Waals surface area (Å²) in [7, 11) is 0. The van der Waals surface area contributed by atoms with Gasteiger partial charge in [-0.1, -0.05) is 19.1 Å². The highest BCUT2D eigenvalue weighted by molar-refractivity contribution is 5.76. The Kier molecular flexibility index (Phi) is 4.97. The van der Waals surface area contributed by atoms with E-state index >= 15 is 0 Å². The van der Waals surface area contributed by atoms with Crippen molar-refractivity contribution in [1.82, 2.24) is 4.90 Å². The summed E-state index contributed by atoms with van der Waals surface area (Å²) in [6, 6.07) is -0.298. The molecule has 0 aromatic carbocycles. The summed E-state index contributed by atoms with van der Waals surface area (Å²) in [5, 5.41) is 0. The van der Waals surface area contributed by atoms with Gasteiger partial charge in [0.2, 0.25) is 0 Å². The van der Waals surface area contributed by atoms with Gasteiger partial charge in [-0.05, 0) is 33.1 Å². The van der Waals surface area contributed by atoms with Crippen LogP contribution in [0.2, 0.25) is 0 Å². The second kappa shape index (κ2) is 6.62. The second-order valence-electron chi connectivity index (χ2n) is 8.19. The average molecular weight is 357 g/mol. The third-order valence-corrected chi connectivity index (χ3v) is 6.38. The molecule has 2 aliphatic heterocycles. The van der Waals surface area contributed by atoms with E-state index in [1.165, 1.54) is 0 Å². The van der Waals surface area contributed by atoms with E-state index in [1.807, 2.05) is 0 Å². The van der Waals surface area contributed by atoms with Crippen LogP contribution in [0.5, 0.6) is 0 Å². The van der Waals surface area contributed by atoms with Gasteiger partial charge in [-0.15, -0.1) is 0 Å². The van der Waals surface area contributed by atoms with Gasteiger partial charge in [0.1, 0.15) is 12.3 Å². The first-order valence-corrected chi connectivity index (χ1v) is 9.22. The van der Waals surface area contributed by atoms with Crippen molar-refractivity contribution in [2.24, 2.45) is 17.8 Å². The fraction of sp³-hybridized carbons (Fsp3) is 0.842. The molecule has 2 saturated heterocycles. The van der Waals surface area contributed by atoms with Crippen LogP contribution in [0.3, 0.4) is 0 Å². The molecule has 4 nitrogen and oxygen atoms in total. The molecule has 0 aromatic heterocycles. The van der Waals surface area contributed by atoms with Gasteiger partial charge in [0, 0.05) is 30.7 Å². The molecule has 7 atom stereocenters. The summed E-state index contributed by atoms with van der Waals surface area (Å²) in [5.41, 5.74) is 0.388. The van der Waals surface area contributed by atoms with Crippen LogP contribution >= 0.6 is 0 Å². The number of halogens is 2. The van der Waals surface area contributed by atoms with Crippen molar-refractivity contribution in [3.63, 3.8) is 0 Å². The largest absolute Gasteiger partial charge is 0.465 e. The van der Waals surface area contributed by atoms with E-state index in [4.69, 9.17) is 9.47 Å². The molecular weight excluding hydrogens is 328 g/mol. The monoisotopic (exact) mass is 357 g/mol. The Labute approximate surface area is 148 Å². The number of hydrogen-bond acceptors (Lipinski definition) is 4. The van der Waals surface area contributed by atoms with E-state index in [2.05, 4.69) is 25.3 Å². The molecule has 2 heterocycles. The summed E-state index contributed by atoms with van der Waals surface area (Å²) in [5.74, 6) is -1.72. The molecule has 0 N–H and O–H groups in total. The Morgan fingerprint density at radius 3 is 2.72 bits per heavy atom. The van der Waals surface area contributed by atoms with Crippen molar-refractivity contribution in [3.8, 4) is 0 Å². The molecule has 7 unspecified atom stereocenters. The Balaban J connectivity index is 2.04. The third kappa shape index (κ3) is 2.91. The van der Waals surface area contributed by atoms with Gasteiger partial charge in [0.15, 0.2) is 6.17 Å². The van der Waals surface area contributed by atoms with Crippen LogP contribution < -0.4 is 0 Å². The molecular formula is C19H29F2NO3. The number of carbonyl (C=O) groups is 1. The zero-order valence-corrected chi connectivity index (χ0v) is 15.5. The molecule has 25 heavy (non-hydrogen) atoms. The average Bonchev–Trinajstić information content (AvgIpc) is 2.67. The summed E-state index contributed by atoms with van der Waals surface area (Å²) in [6.07, 6.45) is -3.39. The highest BCUT2D eigenvalue weighted by Gasteiger charge is 2.60. The number of nitrogens with zero attached hydrogens (tertiary/aromatic N) is 1. The number of esters is 1. The third-order valence-electron chi connectivity index (χ3n) is 6.38. The van der Waals surface area contributed by atoms with Gasteiger partial charge in [-0.2, -0.15) is 0 Å². The van der Waals surface area contributed by atoms with Crippen molar-refractivity contribution in [2.75, 3.05) is 19.8 Å². The van der Waals surface area contributed by atoms with Gasteiger partial charge in [0.05, 0.1) is 12.5 Å². The van der Waals surface area contributed by atoms with Crippen molar-refractivity contribution in [1.29, 1.82) is 0 Å². The summed E-state index contributed by atoms with van der Waals surface area (Å²) >= 11 is 0. The lowest BCUT2D eigenvalue weighted by Crippen LogP contribution is -2.68. The highest BCUT2D eigenvalue weighted by Crippen LogP contribution is 2.50. The first-order chi connectivity index (χ1) is 11.7. The highest BCUT2D eigenvalue weighted by atomic mass is 19.2. The zero-order valence-electron chi connectivity index (χ0n) is 15.5. The standard InChI is InChI=1S/C19H29F2NO3/c1-6-24-18(23)12-9-22-16-13(10(12)2)11(3)14(20)15(21)17(16)25-8-7-19(22,4)5/h11-17H,2,6-9H2,1,3-5H3. The molecule has 0 amide bonds. The van der Waals surface area contributed by atoms with E-state index in [-0.39, 0.29) is 23.5 Å². The maximum Gasteiger partial charge on any atom is 0.314 e. The van der Waals surface area contributed by atoms with Crippen molar-refractivity contribution in [3.05, 3.63) is 12.2 Å². The number of rotatable bonds is 2. The Morgan fingerprint density at radius 1 is 1.40 bits per heavy atom. The summed E-state index contributed by atoms with van der Waals surface area (Å²) in [4.78, 5) is 14.6. The topological polar surface area (TPSA) is 38.8 Å². The van der Waals surface area contributed by atoms with Crippen LogP contribution in [0.25, 0.3) is 0 Å². The Morgan fingerprint density at radius 2 is 2.08 bits per heavy atom. The minimum atomic E-state index is -1.65. The number of ether oxygens (including phenoxy) is 2. The lowest BCUT2D eigenvalue weighted by Gasteiger charge is -2.57. The van der Waals surface area contributed by atoms with Gasteiger partial charge >= 0.3 is 5.97 Å². The minimum Gasteiger partial charge on any atom is -0.465 e. The first-order valence-electron chi connectivity index (χ1n) is 9.22. The molecule has 0 bridgehead atoms. The summed E-state index contributed by atoms with van der Waals surface area (Å²) in [6.45, 7) is 12.9. The number of piperidine rings is 1. The molecule has 1 saturated carbocycles. The molecule has 142 valence electrons. The molecule has 0 aromatic rings. The quantitative estimate of drug-likeness (QED) is 0.563. The molecule has 0 spiro atoms. The van der Waals surface area contributed by atoms with E-state index in [9.17, 15) is 13.6 Å². The van der Waals surface area contributed by atoms with Gasteiger partial charge < -0.3 is 9.47 Å². The molecule has 3 fully saturated rings. The lowest BCUT2D eigenvalue weighted by atomic mass is 9.64. The number of carbonyl (C=O) groups excluding carboxylic acids is 1. The molecule has 3 rings (SSSR count). The van der Waals surface area contributed by atoms with Crippen LogP contribution in [0.15, 0.2) is 12.2 Å². The maximum atomic E-state index is 14.8. The number of alkyl halides is 2. The smallest absolute Gasteiger partial charge is 0.314 e. The molecule has 1 aliphatic carbocycles. The van der Waals surface area contributed by atoms with E-state index in [1.54, 1.807) is 13.8 Å². The predicted octanol–water partition coefficient (Wildman–Crippen LogP) is 2.92. The van der Waals surface area contributed by atoms with Crippen molar-refractivity contribution >= 4 is 5.97 Å². The van der Waals surface area contributed by atoms with E-state index in [0.29, 0.717) is 31.8 Å². The Bertz CT molecular complexity index is 553. The Hall–Kier alpha value is -1.01. The van der Waals surface area contributed by atoms with Crippen LogP contribution in [0, 0.1) is 17.8 Å². The van der Waals surface area contributed by atoms with Gasteiger partial charge in [-0.3, -0.25) is 9.69 Å². The van der Waals surface area contributed by atoms with Crippen LogP contribution in [-0.4, -0.2) is 60.7 Å². The van der Waals surface area contributed by atoms with Crippen LogP contribution in [-0.2, 0) is 14.3 Å². The van der Waals surface area contributed by atoms with E-state index < -0.39 is 30.3 Å². The molecule has 0 radical (unpaired) electrons. The second-order valence-corrected chi connectivity index (χ2v) is 8.19. The summed E-state index contributed by atoms with van der Waals surface area (Å²) < 4.78 is 40.4. The SMILES string of the molecule is C=C1C(C(=O)OCC)CN2C3C(OCCC2(C)C)C(F)C(F)C(C)C13. The van der Waals surface area contributed by atoms with Gasteiger partial charge in [0.25, 0.3) is 0 Å². The predicted molar refractivity (Wildman–Crippen MR) is 90.6 cm³/mol.